The van der Waals surface area contributed by atoms with Crippen molar-refractivity contribution < 1.29 is 9.90 Å². The third-order valence-corrected chi connectivity index (χ3v) is 2.52. The van der Waals surface area contributed by atoms with Crippen molar-refractivity contribution in [2.75, 3.05) is 0 Å². The van der Waals surface area contributed by atoms with Crippen LogP contribution in [0.5, 0.6) is 0 Å². The molecule has 0 aliphatic carbocycles. The molecule has 0 saturated carbocycles. The van der Waals surface area contributed by atoms with Gasteiger partial charge in [0.25, 0.3) is 0 Å². The number of hydrogen-bond donors (Lipinski definition) is 1. The Balaban J connectivity index is 2.07. The van der Waals surface area contributed by atoms with E-state index in [1.807, 2.05) is 12.1 Å². The van der Waals surface area contributed by atoms with Gasteiger partial charge in [0.05, 0.1) is 5.69 Å². The number of carboxylic acids is 1. The zero-order valence-electron chi connectivity index (χ0n) is 9.37. The lowest BCUT2D eigenvalue weighted by Gasteiger charge is -2.02. The number of hydrogen-bond acceptors (Lipinski definition) is 4. The molecule has 0 fully saturated rings. The minimum Gasteiger partial charge on any atom is -0.476 e. The lowest BCUT2D eigenvalue weighted by molar-refractivity contribution is 0.0689. The fourth-order valence-electron chi connectivity index (χ4n) is 1.55. The van der Waals surface area contributed by atoms with Crippen LogP contribution >= 0.6 is 0 Å². The first-order chi connectivity index (χ1) is 8.18. The minimum atomic E-state index is -1.05. The van der Waals surface area contributed by atoms with Crippen molar-refractivity contribution in [2.45, 2.75) is 19.9 Å². The molecule has 2 heterocycles. The molecule has 0 atom stereocenters. The summed E-state index contributed by atoms with van der Waals surface area (Å²) < 4.78 is 1.59. The van der Waals surface area contributed by atoms with E-state index in [4.69, 9.17) is 5.11 Å². The smallest absolute Gasteiger partial charge is 0.358 e. The summed E-state index contributed by atoms with van der Waals surface area (Å²) in [6, 6.07) is 3.84. The van der Waals surface area contributed by atoms with Crippen molar-refractivity contribution >= 4 is 5.97 Å². The van der Waals surface area contributed by atoms with E-state index in [1.54, 1.807) is 24.0 Å². The first kappa shape index (κ1) is 11.3. The standard InChI is InChI=1S/C11H12N4O2/c1-8-10(11(16)17)13-14-15(8)6-4-9-3-2-5-12-7-9/h2-3,5,7H,4,6H2,1H3,(H,16,17). The molecule has 0 spiro atoms. The van der Waals surface area contributed by atoms with Crippen LogP contribution in [-0.2, 0) is 13.0 Å². The Morgan fingerprint density at radius 1 is 1.53 bits per heavy atom. The normalized spacial score (nSPS) is 10.4. The lowest BCUT2D eigenvalue weighted by Crippen LogP contribution is -2.07. The third kappa shape index (κ3) is 2.47. The summed E-state index contributed by atoms with van der Waals surface area (Å²) >= 11 is 0. The van der Waals surface area contributed by atoms with Crippen molar-refractivity contribution in [3.05, 3.63) is 41.5 Å². The predicted molar refractivity (Wildman–Crippen MR) is 59.7 cm³/mol. The van der Waals surface area contributed by atoms with Gasteiger partial charge < -0.3 is 5.11 Å². The fraction of sp³-hybridized carbons (Fsp3) is 0.273. The zero-order chi connectivity index (χ0) is 12.3. The van der Waals surface area contributed by atoms with Crippen molar-refractivity contribution in [2.24, 2.45) is 0 Å². The largest absolute Gasteiger partial charge is 0.476 e. The summed E-state index contributed by atoms with van der Waals surface area (Å²) in [5.74, 6) is -1.05. The van der Waals surface area contributed by atoms with E-state index >= 15 is 0 Å². The Hall–Kier alpha value is -2.24. The Morgan fingerprint density at radius 2 is 2.35 bits per heavy atom. The summed E-state index contributed by atoms with van der Waals surface area (Å²) in [7, 11) is 0. The summed E-state index contributed by atoms with van der Waals surface area (Å²) in [4.78, 5) is 14.8. The molecule has 88 valence electrons. The van der Waals surface area contributed by atoms with Crippen LogP contribution in [0.2, 0.25) is 0 Å². The van der Waals surface area contributed by atoms with Crippen LogP contribution in [0.15, 0.2) is 24.5 Å². The van der Waals surface area contributed by atoms with E-state index in [-0.39, 0.29) is 5.69 Å². The lowest BCUT2D eigenvalue weighted by atomic mass is 10.2. The molecule has 0 aliphatic heterocycles. The van der Waals surface area contributed by atoms with Gasteiger partial charge in [0.1, 0.15) is 0 Å². The quantitative estimate of drug-likeness (QED) is 0.847. The monoisotopic (exact) mass is 232 g/mol. The van der Waals surface area contributed by atoms with E-state index < -0.39 is 5.97 Å². The van der Waals surface area contributed by atoms with Crippen LogP contribution in [0.3, 0.4) is 0 Å². The van der Waals surface area contributed by atoms with Gasteiger partial charge in [-0.25, -0.2) is 9.48 Å². The van der Waals surface area contributed by atoms with Gasteiger partial charge in [-0.2, -0.15) is 0 Å². The molecule has 0 saturated heterocycles. The average molecular weight is 232 g/mol. The molecule has 1 N–H and O–H groups in total. The topological polar surface area (TPSA) is 80.9 Å². The van der Waals surface area contributed by atoms with Gasteiger partial charge in [-0.1, -0.05) is 11.3 Å². The van der Waals surface area contributed by atoms with Crippen molar-refractivity contribution in [3.8, 4) is 0 Å². The highest BCUT2D eigenvalue weighted by Gasteiger charge is 2.14. The van der Waals surface area contributed by atoms with Crippen LogP contribution in [0.25, 0.3) is 0 Å². The Labute approximate surface area is 97.9 Å². The van der Waals surface area contributed by atoms with E-state index in [2.05, 4.69) is 15.3 Å². The van der Waals surface area contributed by atoms with Gasteiger partial charge in [-0.3, -0.25) is 4.98 Å². The fourth-order valence-corrected chi connectivity index (χ4v) is 1.55. The number of aromatic nitrogens is 4. The summed E-state index contributed by atoms with van der Waals surface area (Å²) in [5, 5.41) is 16.3. The van der Waals surface area contributed by atoms with Gasteiger partial charge in [-0.15, -0.1) is 5.10 Å². The highest BCUT2D eigenvalue weighted by molar-refractivity contribution is 5.86. The first-order valence-electron chi connectivity index (χ1n) is 5.21. The zero-order valence-corrected chi connectivity index (χ0v) is 9.37. The number of aromatic carboxylic acids is 1. The van der Waals surface area contributed by atoms with Gasteiger partial charge in [0, 0.05) is 18.9 Å². The molecule has 2 aromatic heterocycles. The number of carboxylic acid groups (broad SMARTS) is 1. The van der Waals surface area contributed by atoms with E-state index in [9.17, 15) is 4.79 Å². The summed E-state index contributed by atoms with van der Waals surface area (Å²) in [5.41, 5.74) is 1.66. The maximum Gasteiger partial charge on any atom is 0.358 e. The maximum atomic E-state index is 10.8. The average Bonchev–Trinajstić information content (AvgIpc) is 2.69. The molecule has 2 aromatic rings. The van der Waals surface area contributed by atoms with E-state index in [0.29, 0.717) is 12.2 Å². The number of nitrogens with zero attached hydrogens (tertiary/aromatic N) is 4. The van der Waals surface area contributed by atoms with E-state index in [0.717, 1.165) is 12.0 Å². The second-order valence-corrected chi connectivity index (χ2v) is 3.66. The molecule has 0 unspecified atom stereocenters. The number of aryl methyl sites for hydroxylation is 2. The minimum absolute atomic E-state index is 0.0104. The summed E-state index contributed by atoms with van der Waals surface area (Å²) in [6.45, 7) is 2.30. The highest BCUT2D eigenvalue weighted by Crippen LogP contribution is 2.05. The molecule has 2 rings (SSSR count). The van der Waals surface area contributed by atoms with Gasteiger partial charge >= 0.3 is 5.97 Å². The Kier molecular flexibility index (Phi) is 3.13. The van der Waals surface area contributed by atoms with Crippen LogP contribution in [0.4, 0.5) is 0 Å². The molecule has 0 aromatic carbocycles. The van der Waals surface area contributed by atoms with Crippen molar-refractivity contribution in [1.82, 2.24) is 20.0 Å². The Morgan fingerprint density at radius 3 is 2.94 bits per heavy atom. The van der Waals surface area contributed by atoms with Gasteiger partial charge in [0.15, 0.2) is 5.69 Å². The number of carbonyl (C=O) groups is 1. The highest BCUT2D eigenvalue weighted by atomic mass is 16.4. The maximum absolute atomic E-state index is 10.8. The second-order valence-electron chi connectivity index (χ2n) is 3.66. The van der Waals surface area contributed by atoms with Crippen LogP contribution < -0.4 is 0 Å². The third-order valence-electron chi connectivity index (χ3n) is 2.52. The molecular weight excluding hydrogens is 220 g/mol. The van der Waals surface area contributed by atoms with Crippen LogP contribution in [-0.4, -0.2) is 31.1 Å². The summed E-state index contributed by atoms with van der Waals surface area (Å²) in [6.07, 6.45) is 4.24. The van der Waals surface area contributed by atoms with Crippen LogP contribution in [0.1, 0.15) is 21.7 Å². The van der Waals surface area contributed by atoms with E-state index in [1.165, 1.54) is 0 Å². The number of rotatable bonds is 4. The molecule has 0 radical (unpaired) electrons. The molecule has 6 nitrogen and oxygen atoms in total. The second kappa shape index (κ2) is 4.73. The first-order valence-corrected chi connectivity index (χ1v) is 5.21. The van der Waals surface area contributed by atoms with Gasteiger partial charge in [0.2, 0.25) is 0 Å². The molecular formula is C11H12N4O2. The van der Waals surface area contributed by atoms with Crippen molar-refractivity contribution in [3.63, 3.8) is 0 Å². The molecule has 6 heteroatoms. The SMILES string of the molecule is Cc1c(C(=O)O)nnn1CCc1cccnc1. The molecule has 0 amide bonds. The van der Waals surface area contributed by atoms with Crippen molar-refractivity contribution in [1.29, 1.82) is 0 Å². The number of pyridine rings is 1. The molecule has 0 aliphatic rings. The molecule has 17 heavy (non-hydrogen) atoms. The molecule has 0 bridgehead atoms. The van der Waals surface area contributed by atoms with Gasteiger partial charge in [-0.05, 0) is 25.0 Å². The predicted octanol–water partition coefficient (Wildman–Crippen LogP) is 0.922. The van der Waals surface area contributed by atoms with Crippen LogP contribution in [0, 0.1) is 6.92 Å². The Bertz CT molecular complexity index is 522.